The highest BCUT2D eigenvalue weighted by Gasteiger charge is 2.13. The van der Waals surface area contributed by atoms with E-state index in [4.69, 9.17) is 5.26 Å². The summed E-state index contributed by atoms with van der Waals surface area (Å²) in [6.45, 7) is 0. The van der Waals surface area contributed by atoms with Crippen LogP contribution in [0.5, 0.6) is 0 Å². The first kappa shape index (κ1) is 11.3. The number of nitrogens with zero attached hydrogens (tertiary/aromatic N) is 1. The molecule has 1 aliphatic heterocycles. The molecule has 16 heavy (non-hydrogen) atoms. The van der Waals surface area contributed by atoms with Gasteiger partial charge in [0.15, 0.2) is 0 Å². The molecule has 1 heterocycles. The average molecular weight is 236 g/mol. The Labute approximate surface area is 98.8 Å². The zero-order chi connectivity index (χ0) is 11.4. The van der Waals surface area contributed by atoms with Gasteiger partial charge in [-0.25, -0.2) is 4.39 Å². The van der Waals surface area contributed by atoms with Crippen LogP contribution in [0.3, 0.4) is 0 Å². The fraction of sp³-hybridized carbons (Fsp3) is 0.417. The van der Waals surface area contributed by atoms with E-state index in [-0.39, 0.29) is 5.56 Å². The van der Waals surface area contributed by atoms with Crippen LogP contribution in [0.25, 0.3) is 0 Å². The fourth-order valence-corrected chi connectivity index (χ4v) is 2.86. The van der Waals surface area contributed by atoms with E-state index in [2.05, 4.69) is 5.32 Å². The molecule has 1 aromatic rings. The van der Waals surface area contributed by atoms with Crippen LogP contribution in [0.4, 0.5) is 10.1 Å². The molecular formula is C12H13FN2S. The Morgan fingerprint density at radius 3 is 3.00 bits per heavy atom. The minimum Gasteiger partial charge on any atom is -0.381 e. The first-order valence-electron chi connectivity index (χ1n) is 5.33. The quantitative estimate of drug-likeness (QED) is 0.857. The Morgan fingerprint density at radius 1 is 1.50 bits per heavy atom. The van der Waals surface area contributed by atoms with Gasteiger partial charge in [-0.05, 0) is 36.8 Å². The number of hydrogen-bond acceptors (Lipinski definition) is 3. The third kappa shape index (κ3) is 2.67. The molecular weight excluding hydrogens is 223 g/mol. The van der Waals surface area contributed by atoms with Crippen LogP contribution in [0, 0.1) is 17.1 Å². The molecule has 0 bridgehead atoms. The molecule has 0 saturated carbocycles. The van der Waals surface area contributed by atoms with E-state index in [1.807, 2.05) is 17.8 Å². The van der Waals surface area contributed by atoms with E-state index in [1.54, 1.807) is 6.07 Å². The summed E-state index contributed by atoms with van der Waals surface area (Å²) >= 11 is 1.93. The number of benzene rings is 1. The van der Waals surface area contributed by atoms with Crippen LogP contribution in [-0.2, 0) is 0 Å². The molecule has 1 saturated heterocycles. The second-order valence-corrected chi connectivity index (χ2v) is 5.01. The van der Waals surface area contributed by atoms with E-state index in [1.165, 1.54) is 24.3 Å². The maximum atomic E-state index is 13.3. The van der Waals surface area contributed by atoms with Crippen LogP contribution in [0.1, 0.15) is 18.4 Å². The van der Waals surface area contributed by atoms with E-state index in [0.717, 1.165) is 17.9 Å². The lowest BCUT2D eigenvalue weighted by Crippen LogP contribution is -2.25. The highest BCUT2D eigenvalue weighted by Crippen LogP contribution is 2.22. The van der Waals surface area contributed by atoms with Crippen LogP contribution in [0.2, 0.25) is 0 Å². The van der Waals surface area contributed by atoms with Crippen LogP contribution >= 0.6 is 11.8 Å². The van der Waals surface area contributed by atoms with Gasteiger partial charge in [0.05, 0.1) is 5.56 Å². The van der Waals surface area contributed by atoms with E-state index >= 15 is 0 Å². The van der Waals surface area contributed by atoms with Crippen molar-refractivity contribution in [1.29, 1.82) is 5.26 Å². The Bertz CT molecular complexity index is 408. The highest BCUT2D eigenvalue weighted by atomic mass is 32.2. The van der Waals surface area contributed by atoms with Gasteiger partial charge in [0.25, 0.3) is 0 Å². The van der Waals surface area contributed by atoms with Crippen molar-refractivity contribution in [1.82, 2.24) is 0 Å². The molecule has 0 amide bonds. The number of nitrogens with one attached hydrogen (secondary N) is 1. The number of rotatable bonds is 2. The van der Waals surface area contributed by atoms with Gasteiger partial charge in [0.2, 0.25) is 0 Å². The zero-order valence-electron chi connectivity index (χ0n) is 8.87. The standard InChI is InChI=1S/C12H13FN2S/c13-12-6-10(4-3-9(12)7-14)15-11-2-1-5-16-8-11/h3-4,6,11,15H,1-2,5,8H2. The molecule has 1 aromatic carbocycles. The molecule has 2 rings (SSSR count). The molecule has 0 aliphatic carbocycles. The lowest BCUT2D eigenvalue weighted by molar-refractivity contribution is 0.623. The van der Waals surface area contributed by atoms with Crippen molar-refractivity contribution in [3.8, 4) is 6.07 Å². The molecule has 0 spiro atoms. The van der Waals surface area contributed by atoms with Crippen LogP contribution < -0.4 is 5.32 Å². The Hall–Kier alpha value is -1.21. The van der Waals surface area contributed by atoms with Gasteiger partial charge in [-0.3, -0.25) is 0 Å². The largest absolute Gasteiger partial charge is 0.381 e. The van der Waals surface area contributed by atoms with Crippen molar-refractivity contribution < 1.29 is 4.39 Å². The van der Waals surface area contributed by atoms with Crippen molar-refractivity contribution in [3.05, 3.63) is 29.6 Å². The maximum absolute atomic E-state index is 13.3. The second-order valence-electron chi connectivity index (χ2n) is 3.86. The number of halogens is 1. The Balaban J connectivity index is 2.04. The third-order valence-corrected chi connectivity index (χ3v) is 3.84. The van der Waals surface area contributed by atoms with Gasteiger partial charge in [-0.2, -0.15) is 17.0 Å². The van der Waals surface area contributed by atoms with Crippen molar-refractivity contribution in [2.45, 2.75) is 18.9 Å². The molecule has 1 unspecified atom stereocenters. The van der Waals surface area contributed by atoms with Gasteiger partial charge in [0.1, 0.15) is 11.9 Å². The molecule has 0 radical (unpaired) electrons. The first-order chi connectivity index (χ1) is 7.79. The predicted molar refractivity (Wildman–Crippen MR) is 65.1 cm³/mol. The normalized spacial score (nSPS) is 20.1. The lowest BCUT2D eigenvalue weighted by Gasteiger charge is -2.23. The van der Waals surface area contributed by atoms with E-state index < -0.39 is 5.82 Å². The minimum atomic E-state index is -0.448. The number of hydrogen-bond donors (Lipinski definition) is 1. The predicted octanol–water partition coefficient (Wildman–Crippen LogP) is 3.00. The third-order valence-electron chi connectivity index (χ3n) is 2.62. The zero-order valence-corrected chi connectivity index (χ0v) is 9.69. The number of thioether (sulfide) groups is 1. The van der Waals surface area contributed by atoms with Gasteiger partial charge < -0.3 is 5.32 Å². The van der Waals surface area contributed by atoms with Gasteiger partial charge in [0, 0.05) is 17.5 Å². The van der Waals surface area contributed by atoms with Gasteiger partial charge in [-0.15, -0.1) is 0 Å². The minimum absolute atomic E-state index is 0.101. The second kappa shape index (κ2) is 5.22. The summed E-state index contributed by atoms with van der Waals surface area (Å²) in [6, 6.07) is 6.93. The molecule has 1 atom stereocenters. The molecule has 4 heteroatoms. The molecule has 2 nitrogen and oxygen atoms in total. The smallest absolute Gasteiger partial charge is 0.143 e. The van der Waals surface area contributed by atoms with Gasteiger partial charge >= 0.3 is 0 Å². The topological polar surface area (TPSA) is 35.8 Å². The van der Waals surface area contributed by atoms with Crippen molar-refractivity contribution in [2.24, 2.45) is 0 Å². The SMILES string of the molecule is N#Cc1ccc(NC2CCCSC2)cc1F. The van der Waals surface area contributed by atoms with E-state index in [0.29, 0.717) is 6.04 Å². The lowest BCUT2D eigenvalue weighted by atomic mass is 10.1. The van der Waals surface area contributed by atoms with E-state index in [9.17, 15) is 4.39 Å². The van der Waals surface area contributed by atoms with Crippen molar-refractivity contribution >= 4 is 17.4 Å². The summed E-state index contributed by atoms with van der Waals surface area (Å²) in [7, 11) is 0. The summed E-state index contributed by atoms with van der Waals surface area (Å²) < 4.78 is 13.3. The molecule has 0 aromatic heterocycles. The molecule has 1 fully saturated rings. The monoisotopic (exact) mass is 236 g/mol. The summed E-state index contributed by atoms with van der Waals surface area (Å²) in [5, 5.41) is 11.9. The molecule has 1 N–H and O–H groups in total. The summed E-state index contributed by atoms with van der Waals surface area (Å²) in [4.78, 5) is 0. The maximum Gasteiger partial charge on any atom is 0.143 e. The summed E-state index contributed by atoms with van der Waals surface area (Å²) in [6.07, 6.45) is 2.34. The van der Waals surface area contributed by atoms with Crippen molar-refractivity contribution in [2.75, 3.05) is 16.8 Å². The van der Waals surface area contributed by atoms with Crippen LogP contribution in [0.15, 0.2) is 18.2 Å². The highest BCUT2D eigenvalue weighted by molar-refractivity contribution is 7.99. The fourth-order valence-electron chi connectivity index (χ4n) is 1.79. The molecule has 84 valence electrons. The van der Waals surface area contributed by atoms with Gasteiger partial charge in [-0.1, -0.05) is 0 Å². The number of anilines is 1. The molecule has 1 aliphatic rings. The summed E-state index contributed by atoms with van der Waals surface area (Å²) in [5.74, 6) is 1.85. The average Bonchev–Trinajstić information content (AvgIpc) is 2.31. The number of nitriles is 1. The Kier molecular flexibility index (Phi) is 3.68. The Morgan fingerprint density at radius 2 is 2.38 bits per heavy atom. The first-order valence-corrected chi connectivity index (χ1v) is 6.49. The van der Waals surface area contributed by atoms with Crippen molar-refractivity contribution in [3.63, 3.8) is 0 Å². The van der Waals surface area contributed by atoms with Crippen LogP contribution in [-0.4, -0.2) is 17.5 Å². The summed E-state index contributed by atoms with van der Waals surface area (Å²) in [5.41, 5.74) is 0.868.